The zero-order valence-corrected chi connectivity index (χ0v) is 6.27. The van der Waals surface area contributed by atoms with Gasteiger partial charge in [0.2, 0.25) is 0 Å². The SMILES string of the molecule is COC1C[C@@H]2C(Cl)[C@H]2C1. The van der Waals surface area contributed by atoms with Crippen LogP contribution in [0.4, 0.5) is 0 Å². The van der Waals surface area contributed by atoms with E-state index in [9.17, 15) is 0 Å². The van der Waals surface area contributed by atoms with Gasteiger partial charge >= 0.3 is 0 Å². The maximum absolute atomic E-state index is 5.92. The highest BCUT2D eigenvalue weighted by atomic mass is 35.5. The van der Waals surface area contributed by atoms with Crippen molar-refractivity contribution >= 4 is 11.6 Å². The highest BCUT2D eigenvalue weighted by Gasteiger charge is 2.55. The molecular weight excluding hydrogens is 136 g/mol. The van der Waals surface area contributed by atoms with Crippen LogP contribution in [-0.2, 0) is 4.74 Å². The summed E-state index contributed by atoms with van der Waals surface area (Å²) in [7, 11) is 1.79. The molecule has 0 amide bonds. The zero-order valence-electron chi connectivity index (χ0n) is 5.51. The number of hydrogen-bond acceptors (Lipinski definition) is 1. The first-order valence-electron chi connectivity index (χ1n) is 3.50. The quantitative estimate of drug-likeness (QED) is 0.512. The van der Waals surface area contributed by atoms with Gasteiger partial charge in [-0.3, -0.25) is 0 Å². The smallest absolute Gasteiger partial charge is 0.0578 e. The minimum Gasteiger partial charge on any atom is -0.381 e. The van der Waals surface area contributed by atoms with Crippen molar-refractivity contribution in [2.45, 2.75) is 24.3 Å². The van der Waals surface area contributed by atoms with Gasteiger partial charge in [0.25, 0.3) is 0 Å². The second-order valence-electron chi connectivity index (χ2n) is 3.10. The largest absolute Gasteiger partial charge is 0.381 e. The van der Waals surface area contributed by atoms with Crippen LogP contribution in [0.3, 0.4) is 0 Å². The molecule has 0 radical (unpaired) electrons. The van der Waals surface area contributed by atoms with Crippen LogP contribution in [0.2, 0.25) is 0 Å². The van der Waals surface area contributed by atoms with E-state index in [-0.39, 0.29) is 0 Å². The molecule has 0 N–H and O–H groups in total. The summed E-state index contributed by atoms with van der Waals surface area (Å²) >= 11 is 5.92. The molecular formula is C7H11ClO. The Hall–Kier alpha value is 0.250. The lowest BCUT2D eigenvalue weighted by Gasteiger charge is -2.08. The molecule has 52 valence electrons. The molecule has 0 aromatic rings. The summed E-state index contributed by atoms with van der Waals surface area (Å²) in [5.74, 6) is 1.60. The fourth-order valence-electron chi connectivity index (χ4n) is 1.90. The molecule has 9 heavy (non-hydrogen) atoms. The fraction of sp³-hybridized carbons (Fsp3) is 1.00. The van der Waals surface area contributed by atoms with Gasteiger partial charge in [-0.2, -0.15) is 0 Å². The maximum Gasteiger partial charge on any atom is 0.0578 e. The summed E-state index contributed by atoms with van der Waals surface area (Å²) in [5, 5.41) is 0.497. The first-order valence-corrected chi connectivity index (χ1v) is 3.93. The van der Waals surface area contributed by atoms with E-state index in [1.54, 1.807) is 7.11 Å². The van der Waals surface area contributed by atoms with Crippen molar-refractivity contribution < 1.29 is 4.74 Å². The van der Waals surface area contributed by atoms with Gasteiger partial charge in [-0.1, -0.05) is 0 Å². The molecule has 2 rings (SSSR count). The van der Waals surface area contributed by atoms with Crippen LogP contribution in [-0.4, -0.2) is 18.6 Å². The number of methoxy groups -OCH3 is 1. The van der Waals surface area contributed by atoms with Crippen LogP contribution >= 0.6 is 11.6 Å². The number of halogens is 1. The van der Waals surface area contributed by atoms with Crippen molar-refractivity contribution in [3.05, 3.63) is 0 Å². The molecule has 2 atom stereocenters. The second-order valence-corrected chi connectivity index (χ2v) is 3.61. The third-order valence-electron chi connectivity index (χ3n) is 2.63. The molecule has 0 bridgehead atoms. The lowest BCUT2D eigenvalue weighted by atomic mass is 10.2. The molecule has 2 aliphatic carbocycles. The topological polar surface area (TPSA) is 9.23 Å². The molecule has 0 heterocycles. The fourth-order valence-corrected chi connectivity index (χ4v) is 2.40. The summed E-state index contributed by atoms with van der Waals surface area (Å²) in [6, 6.07) is 0. The predicted octanol–water partition coefficient (Wildman–Crippen LogP) is 1.65. The monoisotopic (exact) mass is 146 g/mol. The summed E-state index contributed by atoms with van der Waals surface area (Å²) in [4.78, 5) is 0. The van der Waals surface area contributed by atoms with Crippen LogP contribution in [0.15, 0.2) is 0 Å². The average Bonchev–Trinajstić information content (AvgIpc) is 2.32. The number of alkyl halides is 1. The number of rotatable bonds is 1. The zero-order chi connectivity index (χ0) is 6.43. The molecule has 1 nitrogen and oxygen atoms in total. The van der Waals surface area contributed by atoms with Gasteiger partial charge in [0.1, 0.15) is 0 Å². The van der Waals surface area contributed by atoms with Gasteiger partial charge in [0.05, 0.1) is 6.10 Å². The first kappa shape index (κ1) is 5.99. The lowest BCUT2D eigenvalue weighted by molar-refractivity contribution is 0.0985. The third-order valence-corrected chi connectivity index (χ3v) is 3.28. The minimum atomic E-state index is 0.497. The Balaban J connectivity index is 1.89. The van der Waals surface area contributed by atoms with Crippen molar-refractivity contribution in [2.24, 2.45) is 11.8 Å². The van der Waals surface area contributed by atoms with Gasteiger partial charge in [0.15, 0.2) is 0 Å². The molecule has 0 unspecified atom stereocenters. The van der Waals surface area contributed by atoms with E-state index in [0.29, 0.717) is 11.5 Å². The lowest BCUT2D eigenvalue weighted by Crippen LogP contribution is -2.08. The van der Waals surface area contributed by atoms with Crippen LogP contribution in [0, 0.1) is 11.8 Å². The second kappa shape index (κ2) is 1.86. The summed E-state index contributed by atoms with van der Waals surface area (Å²) in [6.45, 7) is 0. The molecule has 2 saturated carbocycles. The van der Waals surface area contributed by atoms with Gasteiger partial charge < -0.3 is 4.74 Å². The minimum absolute atomic E-state index is 0.497. The molecule has 0 saturated heterocycles. The Morgan fingerprint density at radius 1 is 1.33 bits per heavy atom. The molecule has 0 spiro atoms. The molecule has 0 aromatic carbocycles. The highest BCUT2D eigenvalue weighted by Crippen LogP contribution is 2.55. The van der Waals surface area contributed by atoms with Gasteiger partial charge in [-0.15, -0.1) is 11.6 Å². The number of hydrogen-bond donors (Lipinski definition) is 0. The molecule has 0 aliphatic heterocycles. The molecule has 0 aromatic heterocycles. The van der Waals surface area contributed by atoms with E-state index in [4.69, 9.17) is 16.3 Å². The Morgan fingerprint density at radius 2 is 1.89 bits per heavy atom. The Bertz CT molecular complexity index is 114. The maximum atomic E-state index is 5.92. The van der Waals surface area contributed by atoms with Crippen molar-refractivity contribution in [2.75, 3.05) is 7.11 Å². The van der Waals surface area contributed by atoms with E-state index in [1.165, 1.54) is 12.8 Å². The van der Waals surface area contributed by atoms with Crippen LogP contribution in [0.5, 0.6) is 0 Å². The van der Waals surface area contributed by atoms with Gasteiger partial charge in [0, 0.05) is 12.5 Å². The van der Waals surface area contributed by atoms with E-state index in [1.807, 2.05) is 0 Å². The van der Waals surface area contributed by atoms with Gasteiger partial charge in [-0.05, 0) is 24.7 Å². The van der Waals surface area contributed by atoms with Crippen molar-refractivity contribution in [3.8, 4) is 0 Å². The number of ether oxygens (including phenoxy) is 1. The Kier molecular flexibility index (Phi) is 1.24. The average molecular weight is 147 g/mol. The van der Waals surface area contributed by atoms with Crippen molar-refractivity contribution in [1.82, 2.24) is 0 Å². The standard InChI is InChI=1S/C7H11ClO/c1-9-4-2-5-6(3-4)7(5)8/h4-7H,2-3H2,1H3/t4?,5-,6-,7?/m0/s1. The van der Waals surface area contributed by atoms with Gasteiger partial charge in [-0.25, -0.2) is 0 Å². The van der Waals surface area contributed by atoms with E-state index >= 15 is 0 Å². The predicted molar refractivity (Wildman–Crippen MR) is 36.7 cm³/mol. The normalized spacial score (nSPS) is 49.3. The Labute approximate surface area is 60.3 Å². The first-order chi connectivity index (χ1) is 4.33. The summed E-state index contributed by atoms with van der Waals surface area (Å²) < 4.78 is 5.20. The van der Waals surface area contributed by atoms with Crippen molar-refractivity contribution in [3.63, 3.8) is 0 Å². The van der Waals surface area contributed by atoms with E-state index < -0.39 is 0 Å². The number of fused-ring (bicyclic) bond motifs is 1. The Morgan fingerprint density at radius 3 is 2.33 bits per heavy atom. The van der Waals surface area contributed by atoms with E-state index in [0.717, 1.165) is 11.8 Å². The highest BCUT2D eigenvalue weighted by molar-refractivity contribution is 6.23. The third kappa shape index (κ3) is 0.786. The molecule has 2 heteroatoms. The molecule has 2 aliphatic rings. The van der Waals surface area contributed by atoms with Crippen LogP contribution in [0.25, 0.3) is 0 Å². The van der Waals surface area contributed by atoms with Crippen LogP contribution < -0.4 is 0 Å². The summed E-state index contributed by atoms with van der Waals surface area (Å²) in [6.07, 6.45) is 2.93. The van der Waals surface area contributed by atoms with Crippen LogP contribution in [0.1, 0.15) is 12.8 Å². The van der Waals surface area contributed by atoms with Crippen molar-refractivity contribution in [1.29, 1.82) is 0 Å². The van der Waals surface area contributed by atoms with E-state index in [2.05, 4.69) is 0 Å². The molecule has 2 fully saturated rings. The summed E-state index contributed by atoms with van der Waals surface area (Å²) in [5.41, 5.74) is 0.